The predicted octanol–water partition coefficient (Wildman–Crippen LogP) is 3.63. The van der Waals surface area contributed by atoms with E-state index in [0.717, 1.165) is 11.1 Å². The molecule has 30 heavy (non-hydrogen) atoms. The van der Waals surface area contributed by atoms with Crippen molar-refractivity contribution >= 4 is 24.2 Å². The highest BCUT2D eigenvalue weighted by molar-refractivity contribution is 5.96. The first-order chi connectivity index (χ1) is 14.3. The molecule has 2 amide bonds. The smallest absolute Gasteiger partial charge is 0.274 e. The van der Waals surface area contributed by atoms with Crippen molar-refractivity contribution in [3.05, 3.63) is 81.7 Å². The van der Waals surface area contributed by atoms with Gasteiger partial charge in [-0.05, 0) is 51.0 Å². The summed E-state index contributed by atoms with van der Waals surface area (Å²) in [6.07, 6.45) is 3.07. The van der Waals surface area contributed by atoms with Gasteiger partial charge in [0, 0.05) is 0 Å². The molecular formula is C22H22N4O4. The van der Waals surface area contributed by atoms with Crippen molar-refractivity contribution in [1.82, 2.24) is 10.9 Å². The Morgan fingerprint density at radius 1 is 0.733 bits per heavy atom. The summed E-state index contributed by atoms with van der Waals surface area (Å²) < 4.78 is 10.7. The lowest BCUT2D eigenvalue weighted by atomic mass is 10.2. The summed E-state index contributed by atoms with van der Waals surface area (Å²) in [5.41, 5.74) is 7.45. The highest BCUT2D eigenvalue weighted by Crippen LogP contribution is 2.14. The molecule has 0 radical (unpaired) electrons. The standard InChI is InChI=1S/C22H22N4O4/c1-13-9-19(15(3)29-13)21(27)25-23-11-17-5-7-18(8-6-17)12-24-26-22(28)20-10-14(2)30-16(20)4/h5-12H,1-4H3,(H,25,27)(H,26,28). The van der Waals surface area contributed by atoms with Crippen molar-refractivity contribution in [2.45, 2.75) is 27.7 Å². The first-order valence-electron chi connectivity index (χ1n) is 9.24. The van der Waals surface area contributed by atoms with Crippen LogP contribution in [0.15, 0.2) is 55.4 Å². The molecule has 3 aromatic rings. The maximum absolute atomic E-state index is 12.1. The Bertz CT molecular complexity index is 1030. The van der Waals surface area contributed by atoms with E-state index in [4.69, 9.17) is 8.83 Å². The van der Waals surface area contributed by atoms with Crippen LogP contribution in [0.2, 0.25) is 0 Å². The van der Waals surface area contributed by atoms with E-state index >= 15 is 0 Å². The zero-order chi connectivity index (χ0) is 21.7. The molecule has 0 fully saturated rings. The van der Waals surface area contributed by atoms with Crippen LogP contribution in [0, 0.1) is 27.7 Å². The highest BCUT2D eigenvalue weighted by Gasteiger charge is 2.13. The Kier molecular flexibility index (Phi) is 6.26. The third-order valence-electron chi connectivity index (χ3n) is 4.27. The number of furan rings is 2. The molecule has 0 aliphatic carbocycles. The van der Waals surface area contributed by atoms with Crippen molar-refractivity contribution in [2.75, 3.05) is 0 Å². The minimum atomic E-state index is -0.330. The van der Waals surface area contributed by atoms with Gasteiger partial charge in [0.2, 0.25) is 0 Å². The fourth-order valence-corrected chi connectivity index (χ4v) is 2.83. The van der Waals surface area contributed by atoms with Crippen LogP contribution in [0.1, 0.15) is 54.9 Å². The number of rotatable bonds is 6. The summed E-state index contributed by atoms with van der Waals surface area (Å²) in [7, 11) is 0. The van der Waals surface area contributed by atoms with Crippen LogP contribution >= 0.6 is 0 Å². The number of carbonyl (C=O) groups is 2. The summed E-state index contributed by atoms with van der Waals surface area (Å²) in [6.45, 7) is 7.02. The number of nitrogens with zero attached hydrogens (tertiary/aromatic N) is 2. The van der Waals surface area contributed by atoms with Gasteiger partial charge in [-0.2, -0.15) is 10.2 Å². The summed E-state index contributed by atoms with van der Waals surface area (Å²) in [5, 5.41) is 7.92. The second kappa shape index (κ2) is 9.04. The van der Waals surface area contributed by atoms with E-state index in [1.165, 1.54) is 12.4 Å². The van der Waals surface area contributed by atoms with Crippen molar-refractivity contribution < 1.29 is 18.4 Å². The predicted molar refractivity (Wildman–Crippen MR) is 113 cm³/mol. The van der Waals surface area contributed by atoms with Crippen molar-refractivity contribution in [3.8, 4) is 0 Å². The van der Waals surface area contributed by atoms with E-state index in [2.05, 4.69) is 21.1 Å². The van der Waals surface area contributed by atoms with Gasteiger partial charge >= 0.3 is 0 Å². The number of hydrogen-bond acceptors (Lipinski definition) is 6. The van der Waals surface area contributed by atoms with Crippen LogP contribution in [0.25, 0.3) is 0 Å². The van der Waals surface area contributed by atoms with Crippen LogP contribution in [0.5, 0.6) is 0 Å². The first kappa shape index (κ1) is 20.8. The fourth-order valence-electron chi connectivity index (χ4n) is 2.83. The molecule has 0 saturated heterocycles. The number of benzene rings is 1. The summed E-state index contributed by atoms with van der Waals surface area (Å²) in [6, 6.07) is 10.6. The molecule has 154 valence electrons. The largest absolute Gasteiger partial charge is 0.466 e. The Morgan fingerprint density at radius 3 is 1.40 bits per heavy atom. The number of nitrogens with one attached hydrogen (secondary N) is 2. The Morgan fingerprint density at radius 2 is 1.10 bits per heavy atom. The van der Waals surface area contributed by atoms with Gasteiger partial charge in [-0.15, -0.1) is 0 Å². The summed E-state index contributed by atoms with van der Waals surface area (Å²) >= 11 is 0. The molecule has 0 bridgehead atoms. The van der Waals surface area contributed by atoms with Crippen molar-refractivity contribution in [1.29, 1.82) is 0 Å². The zero-order valence-corrected chi connectivity index (χ0v) is 17.1. The monoisotopic (exact) mass is 406 g/mol. The van der Waals surface area contributed by atoms with Gasteiger partial charge < -0.3 is 8.83 Å². The molecular weight excluding hydrogens is 384 g/mol. The van der Waals surface area contributed by atoms with E-state index in [0.29, 0.717) is 34.2 Å². The normalized spacial score (nSPS) is 11.3. The maximum Gasteiger partial charge on any atom is 0.274 e. The topological polar surface area (TPSA) is 109 Å². The molecule has 0 spiro atoms. The van der Waals surface area contributed by atoms with E-state index in [1.807, 2.05) is 24.3 Å². The molecule has 2 N–H and O–H groups in total. The summed E-state index contributed by atoms with van der Waals surface area (Å²) in [5.74, 6) is 1.78. The van der Waals surface area contributed by atoms with Gasteiger partial charge in [-0.3, -0.25) is 9.59 Å². The van der Waals surface area contributed by atoms with Crippen molar-refractivity contribution in [3.63, 3.8) is 0 Å². The van der Waals surface area contributed by atoms with Gasteiger partial charge in [0.25, 0.3) is 11.8 Å². The lowest BCUT2D eigenvalue weighted by Gasteiger charge is -1.99. The lowest BCUT2D eigenvalue weighted by Crippen LogP contribution is -2.18. The molecule has 2 aromatic heterocycles. The quantitative estimate of drug-likeness (QED) is 0.481. The highest BCUT2D eigenvalue weighted by atomic mass is 16.3. The summed E-state index contributed by atoms with van der Waals surface area (Å²) in [4.78, 5) is 24.2. The third-order valence-corrected chi connectivity index (χ3v) is 4.27. The number of hydrazone groups is 2. The molecule has 0 aliphatic rings. The molecule has 8 heteroatoms. The van der Waals surface area contributed by atoms with Crippen LogP contribution in [-0.2, 0) is 0 Å². The molecule has 0 aliphatic heterocycles. The zero-order valence-electron chi connectivity index (χ0n) is 17.1. The first-order valence-corrected chi connectivity index (χ1v) is 9.24. The average molecular weight is 406 g/mol. The van der Waals surface area contributed by atoms with E-state index in [1.54, 1.807) is 39.8 Å². The second-order valence-corrected chi connectivity index (χ2v) is 6.72. The van der Waals surface area contributed by atoms with E-state index in [-0.39, 0.29) is 11.8 Å². The Hall–Kier alpha value is -3.94. The lowest BCUT2D eigenvalue weighted by molar-refractivity contribution is 0.0945. The van der Waals surface area contributed by atoms with Gasteiger partial charge in [0.05, 0.1) is 23.6 Å². The van der Waals surface area contributed by atoms with E-state index < -0.39 is 0 Å². The third kappa shape index (κ3) is 5.11. The molecule has 8 nitrogen and oxygen atoms in total. The Balaban J connectivity index is 1.53. The molecule has 0 unspecified atom stereocenters. The van der Waals surface area contributed by atoms with Gasteiger partial charge in [0.1, 0.15) is 23.0 Å². The minimum absolute atomic E-state index is 0.330. The van der Waals surface area contributed by atoms with Crippen LogP contribution in [-0.4, -0.2) is 24.2 Å². The number of hydrogen-bond donors (Lipinski definition) is 2. The molecule has 2 heterocycles. The fraction of sp³-hybridized carbons (Fsp3) is 0.182. The van der Waals surface area contributed by atoms with Gasteiger partial charge in [0.15, 0.2) is 0 Å². The average Bonchev–Trinajstić information content (AvgIpc) is 3.22. The second-order valence-electron chi connectivity index (χ2n) is 6.72. The minimum Gasteiger partial charge on any atom is -0.466 e. The van der Waals surface area contributed by atoms with Crippen molar-refractivity contribution in [2.24, 2.45) is 10.2 Å². The number of aryl methyl sites for hydroxylation is 4. The molecule has 3 rings (SSSR count). The maximum atomic E-state index is 12.1. The van der Waals surface area contributed by atoms with Gasteiger partial charge in [-0.1, -0.05) is 24.3 Å². The van der Waals surface area contributed by atoms with Crippen LogP contribution in [0.4, 0.5) is 0 Å². The SMILES string of the molecule is Cc1cc(C(=O)NN=Cc2ccc(C=NNC(=O)c3cc(C)oc3C)cc2)c(C)o1. The van der Waals surface area contributed by atoms with Crippen LogP contribution in [0.3, 0.4) is 0 Å². The van der Waals surface area contributed by atoms with E-state index in [9.17, 15) is 9.59 Å². The number of carbonyl (C=O) groups excluding carboxylic acids is 2. The molecule has 0 saturated carbocycles. The Labute approximate surface area is 173 Å². The van der Waals surface area contributed by atoms with Gasteiger partial charge in [-0.25, -0.2) is 10.9 Å². The molecule has 0 atom stereocenters. The number of amides is 2. The molecule has 1 aromatic carbocycles. The van der Waals surface area contributed by atoms with Crippen LogP contribution < -0.4 is 10.9 Å².